The maximum atomic E-state index is 6.04. The summed E-state index contributed by atoms with van der Waals surface area (Å²) >= 11 is 1.62. The van der Waals surface area contributed by atoms with Gasteiger partial charge in [-0.05, 0) is 30.0 Å². The van der Waals surface area contributed by atoms with Gasteiger partial charge in [0.25, 0.3) is 0 Å². The van der Waals surface area contributed by atoms with Crippen molar-refractivity contribution in [1.82, 2.24) is 4.98 Å². The monoisotopic (exact) mass is 246 g/mol. The lowest BCUT2D eigenvalue weighted by Gasteiger charge is -2.10. The molecule has 0 bridgehead atoms. The van der Waals surface area contributed by atoms with E-state index in [0.717, 1.165) is 23.5 Å². The number of fused-ring (bicyclic) bond motifs is 1. The maximum Gasteiger partial charge on any atom is 0.124 e. The Morgan fingerprint density at radius 3 is 3.24 bits per heavy atom. The van der Waals surface area contributed by atoms with Crippen LogP contribution in [-0.2, 0) is 13.0 Å². The number of ether oxygens (including phenoxy) is 1. The van der Waals surface area contributed by atoms with Crippen LogP contribution in [0.5, 0.6) is 5.75 Å². The molecule has 0 spiro atoms. The largest absolute Gasteiger partial charge is 0.488 e. The van der Waals surface area contributed by atoms with Gasteiger partial charge in [0.1, 0.15) is 12.4 Å². The molecule has 88 valence electrons. The first-order chi connectivity index (χ1) is 8.34. The fourth-order valence-electron chi connectivity index (χ4n) is 2.25. The highest BCUT2D eigenvalue weighted by Gasteiger charge is 2.21. The highest BCUT2D eigenvalue weighted by atomic mass is 32.1. The van der Waals surface area contributed by atoms with Gasteiger partial charge in [0.2, 0.25) is 0 Å². The van der Waals surface area contributed by atoms with Gasteiger partial charge in [0.05, 0.1) is 10.4 Å². The van der Waals surface area contributed by atoms with Crippen LogP contribution in [0.4, 0.5) is 0 Å². The van der Waals surface area contributed by atoms with Crippen molar-refractivity contribution in [3.05, 3.63) is 45.9 Å². The van der Waals surface area contributed by atoms with Crippen molar-refractivity contribution < 1.29 is 4.74 Å². The van der Waals surface area contributed by atoms with Crippen molar-refractivity contribution in [2.45, 2.75) is 25.5 Å². The molecule has 1 unspecified atom stereocenters. The number of rotatable bonds is 3. The predicted octanol–water partition coefficient (Wildman–Crippen LogP) is 2.67. The summed E-state index contributed by atoms with van der Waals surface area (Å²) in [5.74, 6) is 0.976. The molecule has 1 atom stereocenters. The fourth-order valence-corrected chi connectivity index (χ4v) is 2.76. The van der Waals surface area contributed by atoms with E-state index >= 15 is 0 Å². The minimum absolute atomic E-state index is 0.178. The number of thiazole rings is 1. The highest BCUT2D eigenvalue weighted by Crippen LogP contribution is 2.35. The van der Waals surface area contributed by atoms with Crippen LogP contribution in [0.2, 0.25) is 0 Å². The van der Waals surface area contributed by atoms with E-state index in [-0.39, 0.29) is 6.04 Å². The lowest BCUT2D eigenvalue weighted by molar-refractivity contribution is 0.306. The van der Waals surface area contributed by atoms with Crippen LogP contribution in [-0.4, -0.2) is 4.98 Å². The molecule has 2 N–H and O–H groups in total. The molecule has 1 aromatic carbocycles. The molecular weight excluding hydrogens is 232 g/mol. The highest BCUT2D eigenvalue weighted by molar-refractivity contribution is 7.09. The van der Waals surface area contributed by atoms with Crippen LogP contribution in [0, 0.1) is 0 Å². The molecular formula is C13H14N2OS. The third-order valence-electron chi connectivity index (χ3n) is 3.13. The van der Waals surface area contributed by atoms with Gasteiger partial charge in [-0.15, -0.1) is 11.3 Å². The molecule has 17 heavy (non-hydrogen) atoms. The van der Waals surface area contributed by atoms with E-state index in [1.54, 1.807) is 11.3 Å². The summed E-state index contributed by atoms with van der Waals surface area (Å²) in [6.45, 7) is 0.594. The summed E-state index contributed by atoms with van der Waals surface area (Å²) in [6.07, 6.45) is 3.89. The molecule has 0 amide bonds. The number of hydrogen-bond acceptors (Lipinski definition) is 4. The number of benzene rings is 1. The number of aromatic nitrogens is 1. The van der Waals surface area contributed by atoms with Gasteiger partial charge >= 0.3 is 0 Å². The molecule has 3 nitrogen and oxygen atoms in total. The first-order valence-corrected chi connectivity index (χ1v) is 6.60. The normalized spacial score (nSPS) is 18.1. The minimum Gasteiger partial charge on any atom is -0.488 e. The van der Waals surface area contributed by atoms with Crippen LogP contribution in [0.25, 0.3) is 0 Å². The first-order valence-electron chi connectivity index (χ1n) is 5.72. The molecule has 4 heteroatoms. The molecule has 1 aliphatic carbocycles. The molecule has 0 radical (unpaired) electrons. The van der Waals surface area contributed by atoms with Crippen LogP contribution >= 0.6 is 11.3 Å². The first kappa shape index (κ1) is 10.7. The van der Waals surface area contributed by atoms with Crippen molar-refractivity contribution in [2.75, 3.05) is 0 Å². The van der Waals surface area contributed by atoms with Crippen LogP contribution < -0.4 is 10.5 Å². The molecule has 1 aliphatic rings. The summed E-state index contributed by atoms with van der Waals surface area (Å²) in [7, 11) is 0. The Hall–Kier alpha value is -1.39. The Labute approximate surface area is 104 Å². The Balaban J connectivity index is 1.80. The molecule has 0 aliphatic heterocycles. The smallest absolute Gasteiger partial charge is 0.124 e. The van der Waals surface area contributed by atoms with Crippen molar-refractivity contribution >= 4 is 11.3 Å². The number of hydrogen-bond donors (Lipinski definition) is 1. The zero-order valence-corrected chi connectivity index (χ0v) is 10.2. The molecule has 1 heterocycles. The van der Waals surface area contributed by atoms with Gasteiger partial charge < -0.3 is 10.5 Å². The molecule has 0 fully saturated rings. The summed E-state index contributed by atoms with van der Waals surface area (Å²) in [4.78, 5) is 5.18. The second-order valence-electron chi connectivity index (χ2n) is 4.23. The number of nitrogens with two attached hydrogens (primary N) is 1. The lowest BCUT2D eigenvalue weighted by atomic mass is 10.1. The SMILES string of the molecule is NC1CCc2c(OCc3cncs3)cccc21. The Bertz CT molecular complexity index is 510. The fraction of sp³-hybridized carbons (Fsp3) is 0.308. The van der Waals surface area contributed by atoms with Crippen LogP contribution in [0.15, 0.2) is 29.9 Å². The summed E-state index contributed by atoms with van der Waals surface area (Å²) in [5, 5.41) is 0. The molecule has 0 saturated heterocycles. The van der Waals surface area contributed by atoms with E-state index < -0.39 is 0 Å². The molecule has 1 aromatic heterocycles. The lowest BCUT2D eigenvalue weighted by Crippen LogP contribution is -2.05. The Morgan fingerprint density at radius 1 is 1.47 bits per heavy atom. The van der Waals surface area contributed by atoms with Crippen molar-refractivity contribution in [1.29, 1.82) is 0 Å². The van der Waals surface area contributed by atoms with Gasteiger partial charge in [-0.2, -0.15) is 0 Å². The quantitative estimate of drug-likeness (QED) is 0.905. The molecule has 2 aromatic rings. The molecule has 3 rings (SSSR count). The van der Waals surface area contributed by atoms with Crippen molar-refractivity contribution in [3.8, 4) is 5.75 Å². The van der Waals surface area contributed by atoms with E-state index in [0.29, 0.717) is 6.61 Å². The van der Waals surface area contributed by atoms with E-state index in [1.165, 1.54) is 11.1 Å². The second kappa shape index (κ2) is 4.47. The van der Waals surface area contributed by atoms with Crippen LogP contribution in [0.3, 0.4) is 0 Å². The Kier molecular flexibility index (Phi) is 2.82. The van der Waals surface area contributed by atoms with E-state index in [1.807, 2.05) is 23.8 Å². The summed E-state index contributed by atoms with van der Waals surface area (Å²) in [6, 6.07) is 6.33. The van der Waals surface area contributed by atoms with Gasteiger partial charge in [-0.1, -0.05) is 12.1 Å². The zero-order chi connectivity index (χ0) is 11.7. The van der Waals surface area contributed by atoms with Gasteiger partial charge in [0, 0.05) is 12.2 Å². The average Bonchev–Trinajstić information content (AvgIpc) is 2.97. The van der Waals surface area contributed by atoms with E-state index in [9.17, 15) is 0 Å². The van der Waals surface area contributed by atoms with Gasteiger partial charge in [-0.3, -0.25) is 4.98 Å². The summed E-state index contributed by atoms with van der Waals surface area (Å²) in [5.41, 5.74) is 10.4. The Morgan fingerprint density at radius 2 is 2.41 bits per heavy atom. The van der Waals surface area contributed by atoms with Crippen molar-refractivity contribution in [2.24, 2.45) is 5.73 Å². The topological polar surface area (TPSA) is 48.1 Å². The average molecular weight is 246 g/mol. The molecule has 0 saturated carbocycles. The minimum atomic E-state index is 0.178. The third-order valence-corrected chi connectivity index (χ3v) is 3.88. The number of nitrogens with zero attached hydrogens (tertiary/aromatic N) is 1. The van der Waals surface area contributed by atoms with Crippen molar-refractivity contribution in [3.63, 3.8) is 0 Å². The third kappa shape index (κ3) is 2.06. The van der Waals surface area contributed by atoms with Gasteiger partial charge in [0.15, 0.2) is 0 Å². The van der Waals surface area contributed by atoms with Crippen LogP contribution in [0.1, 0.15) is 28.5 Å². The zero-order valence-electron chi connectivity index (χ0n) is 9.43. The predicted molar refractivity (Wildman–Crippen MR) is 68.1 cm³/mol. The van der Waals surface area contributed by atoms with E-state index in [2.05, 4.69) is 11.1 Å². The van der Waals surface area contributed by atoms with Gasteiger partial charge in [-0.25, -0.2) is 0 Å². The maximum absolute atomic E-state index is 6.04. The standard InChI is InChI=1S/C13H14N2OS/c14-12-5-4-11-10(12)2-1-3-13(11)16-7-9-6-15-8-17-9/h1-3,6,8,12H,4-5,7,14H2. The van der Waals surface area contributed by atoms with E-state index in [4.69, 9.17) is 10.5 Å². The second-order valence-corrected chi connectivity index (χ2v) is 5.20. The summed E-state index contributed by atoms with van der Waals surface area (Å²) < 4.78 is 5.86.